The van der Waals surface area contributed by atoms with Crippen LogP contribution >= 0.6 is 11.3 Å². The summed E-state index contributed by atoms with van der Waals surface area (Å²) in [5, 5.41) is 6.00. The number of ether oxygens (including phenoxy) is 1. The molecule has 0 unspecified atom stereocenters. The summed E-state index contributed by atoms with van der Waals surface area (Å²) < 4.78 is 5.59. The summed E-state index contributed by atoms with van der Waals surface area (Å²) >= 11 is 1.63. The number of thiazole rings is 1. The Morgan fingerprint density at radius 3 is 3.10 bits per heavy atom. The van der Waals surface area contributed by atoms with Crippen molar-refractivity contribution in [1.29, 1.82) is 0 Å². The van der Waals surface area contributed by atoms with E-state index in [-0.39, 0.29) is 5.91 Å². The maximum absolute atomic E-state index is 12.1. The molecule has 3 rings (SSSR count). The molecule has 21 heavy (non-hydrogen) atoms. The Kier molecular flexibility index (Phi) is 4.01. The molecule has 2 heterocycles. The molecule has 1 aromatic heterocycles. The lowest BCUT2D eigenvalue weighted by molar-refractivity contribution is -0.117. The van der Waals surface area contributed by atoms with Gasteiger partial charge in [-0.3, -0.25) is 4.79 Å². The van der Waals surface area contributed by atoms with Crippen LogP contribution in [-0.4, -0.2) is 24.0 Å². The van der Waals surface area contributed by atoms with E-state index in [4.69, 9.17) is 4.74 Å². The predicted molar refractivity (Wildman–Crippen MR) is 83.5 cm³/mol. The standard InChI is InChI=1S/C16H16N2O2S/c1-11-18-14(10-21-11)6-7-17-16(19)13-8-12-4-2-3-5-15(12)20-9-13/h2-5,8,10H,6-7,9H2,1H3,(H,17,19). The molecule has 5 heteroatoms. The predicted octanol–water partition coefficient (Wildman–Crippen LogP) is 2.59. The molecular formula is C16H16N2O2S. The van der Waals surface area contributed by atoms with Crippen LogP contribution in [-0.2, 0) is 11.2 Å². The van der Waals surface area contributed by atoms with Gasteiger partial charge in [0, 0.05) is 23.9 Å². The molecular weight excluding hydrogens is 284 g/mol. The minimum atomic E-state index is -0.0727. The van der Waals surface area contributed by atoms with E-state index < -0.39 is 0 Å². The number of rotatable bonds is 4. The van der Waals surface area contributed by atoms with E-state index in [0.29, 0.717) is 18.7 Å². The van der Waals surface area contributed by atoms with E-state index in [9.17, 15) is 4.79 Å². The van der Waals surface area contributed by atoms with E-state index in [1.54, 1.807) is 11.3 Å². The van der Waals surface area contributed by atoms with Crippen molar-refractivity contribution in [2.45, 2.75) is 13.3 Å². The second-order valence-electron chi connectivity index (χ2n) is 4.86. The molecule has 0 bridgehead atoms. The molecule has 0 radical (unpaired) electrons. The Balaban J connectivity index is 1.58. The molecule has 0 fully saturated rings. The molecule has 4 nitrogen and oxygen atoms in total. The lowest BCUT2D eigenvalue weighted by Crippen LogP contribution is -2.30. The van der Waals surface area contributed by atoms with E-state index in [1.165, 1.54) is 0 Å². The zero-order valence-corrected chi connectivity index (χ0v) is 12.6. The van der Waals surface area contributed by atoms with Crippen LogP contribution in [0.25, 0.3) is 6.08 Å². The smallest absolute Gasteiger partial charge is 0.250 e. The molecule has 0 saturated heterocycles. The Hall–Kier alpha value is -2.14. The average Bonchev–Trinajstić information content (AvgIpc) is 2.92. The van der Waals surface area contributed by atoms with Crippen LogP contribution in [0.1, 0.15) is 16.3 Å². The van der Waals surface area contributed by atoms with Gasteiger partial charge < -0.3 is 10.1 Å². The van der Waals surface area contributed by atoms with Crippen LogP contribution in [0.15, 0.2) is 35.2 Å². The van der Waals surface area contributed by atoms with Gasteiger partial charge in [0.25, 0.3) is 5.91 Å². The van der Waals surface area contributed by atoms with Crippen LogP contribution in [0.2, 0.25) is 0 Å². The van der Waals surface area contributed by atoms with E-state index in [1.807, 2.05) is 42.6 Å². The summed E-state index contributed by atoms with van der Waals surface area (Å²) in [6.07, 6.45) is 2.64. The number of carbonyl (C=O) groups excluding carboxylic acids is 1. The third-order valence-electron chi connectivity index (χ3n) is 3.26. The van der Waals surface area contributed by atoms with Gasteiger partial charge in [0.05, 0.1) is 16.3 Å². The minimum absolute atomic E-state index is 0.0727. The fraction of sp³-hybridized carbons (Fsp3) is 0.250. The lowest BCUT2D eigenvalue weighted by Gasteiger charge is -2.17. The topological polar surface area (TPSA) is 51.2 Å². The summed E-state index contributed by atoms with van der Waals surface area (Å²) in [5.74, 6) is 0.753. The SMILES string of the molecule is Cc1nc(CCNC(=O)C2=Cc3ccccc3OC2)cs1. The van der Waals surface area contributed by atoms with Crippen molar-refractivity contribution < 1.29 is 9.53 Å². The number of carbonyl (C=O) groups is 1. The molecule has 0 aliphatic carbocycles. The first kappa shape index (κ1) is 13.8. The molecule has 1 aromatic carbocycles. The summed E-state index contributed by atoms with van der Waals surface area (Å²) in [7, 11) is 0. The number of nitrogens with one attached hydrogen (secondary N) is 1. The van der Waals surface area contributed by atoms with Gasteiger partial charge in [-0.2, -0.15) is 0 Å². The fourth-order valence-corrected chi connectivity index (χ4v) is 2.83. The molecule has 108 valence electrons. The van der Waals surface area contributed by atoms with Crippen molar-refractivity contribution >= 4 is 23.3 Å². The molecule has 1 amide bonds. The highest BCUT2D eigenvalue weighted by Gasteiger charge is 2.16. The zero-order chi connectivity index (χ0) is 14.7. The highest BCUT2D eigenvalue weighted by Crippen LogP contribution is 2.25. The average molecular weight is 300 g/mol. The second kappa shape index (κ2) is 6.10. The number of nitrogens with zero attached hydrogens (tertiary/aromatic N) is 1. The zero-order valence-electron chi connectivity index (χ0n) is 11.8. The number of para-hydroxylation sites is 1. The quantitative estimate of drug-likeness (QED) is 0.944. The number of aromatic nitrogens is 1. The van der Waals surface area contributed by atoms with E-state index in [2.05, 4.69) is 10.3 Å². The van der Waals surface area contributed by atoms with Crippen LogP contribution in [0.3, 0.4) is 0 Å². The lowest BCUT2D eigenvalue weighted by atomic mass is 10.1. The number of hydrogen-bond acceptors (Lipinski definition) is 4. The number of fused-ring (bicyclic) bond motifs is 1. The number of amides is 1. The second-order valence-corrected chi connectivity index (χ2v) is 5.92. The van der Waals surface area contributed by atoms with Gasteiger partial charge in [-0.25, -0.2) is 4.98 Å². The van der Waals surface area contributed by atoms with Crippen molar-refractivity contribution in [2.75, 3.05) is 13.2 Å². The summed E-state index contributed by atoms with van der Waals surface area (Å²) in [4.78, 5) is 16.5. The maximum Gasteiger partial charge on any atom is 0.250 e. The van der Waals surface area contributed by atoms with E-state index in [0.717, 1.165) is 28.4 Å². The number of benzene rings is 1. The van der Waals surface area contributed by atoms with Crippen LogP contribution in [0.5, 0.6) is 5.75 Å². The number of hydrogen-bond donors (Lipinski definition) is 1. The van der Waals surface area contributed by atoms with E-state index >= 15 is 0 Å². The van der Waals surface area contributed by atoms with Crippen LogP contribution in [0, 0.1) is 6.92 Å². The first-order chi connectivity index (χ1) is 10.2. The van der Waals surface area contributed by atoms with Crippen molar-refractivity contribution in [3.63, 3.8) is 0 Å². The Labute approximate surface area is 127 Å². The van der Waals surface area contributed by atoms with Gasteiger partial charge in [0.15, 0.2) is 0 Å². The van der Waals surface area contributed by atoms with Crippen molar-refractivity contribution in [3.05, 3.63) is 51.5 Å². The van der Waals surface area contributed by atoms with Gasteiger partial charge in [-0.05, 0) is 19.1 Å². The fourth-order valence-electron chi connectivity index (χ4n) is 2.19. The third-order valence-corrected chi connectivity index (χ3v) is 4.08. The molecule has 2 aromatic rings. The normalized spacial score (nSPS) is 13.1. The molecule has 0 saturated carbocycles. The van der Waals surface area contributed by atoms with Gasteiger partial charge in [-0.1, -0.05) is 18.2 Å². The van der Waals surface area contributed by atoms with Gasteiger partial charge >= 0.3 is 0 Å². The highest BCUT2D eigenvalue weighted by atomic mass is 32.1. The maximum atomic E-state index is 12.1. The summed E-state index contributed by atoms with van der Waals surface area (Å²) in [5.41, 5.74) is 2.63. The molecule has 1 aliphatic heterocycles. The van der Waals surface area contributed by atoms with Crippen molar-refractivity contribution in [3.8, 4) is 5.75 Å². The molecule has 0 atom stereocenters. The Morgan fingerprint density at radius 2 is 2.29 bits per heavy atom. The monoisotopic (exact) mass is 300 g/mol. The van der Waals surface area contributed by atoms with Crippen molar-refractivity contribution in [2.24, 2.45) is 0 Å². The highest BCUT2D eigenvalue weighted by molar-refractivity contribution is 7.09. The van der Waals surface area contributed by atoms with Gasteiger partial charge in [0.2, 0.25) is 0 Å². The summed E-state index contributed by atoms with van der Waals surface area (Å²) in [6, 6.07) is 7.71. The molecule has 1 aliphatic rings. The van der Waals surface area contributed by atoms with Crippen LogP contribution < -0.4 is 10.1 Å². The largest absolute Gasteiger partial charge is 0.488 e. The van der Waals surface area contributed by atoms with Gasteiger partial charge in [-0.15, -0.1) is 11.3 Å². The Bertz CT molecular complexity index is 691. The first-order valence-corrected chi connectivity index (χ1v) is 7.72. The minimum Gasteiger partial charge on any atom is -0.488 e. The third kappa shape index (κ3) is 3.31. The molecule has 0 spiro atoms. The molecule has 1 N–H and O–H groups in total. The van der Waals surface area contributed by atoms with Crippen molar-refractivity contribution in [1.82, 2.24) is 10.3 Å². The first-order valence-electron chi connectivity index (χ1n) is 6.84. The van der Waals surface area contributed by atoms with Gasteiger partial charge in [0.1, 0.15) is 12.4 Å². The van der Waals surface area contributed by atoms with Crippen LogP contribution in [0.4, 0.5) is 0 Å². The Morgan fingerprint density at radius 1 is 1.43 bits per heavy atom. The summed E-state index contributed by atoms with van der Waals surface area (Å²) in [6.45, 7) is 2.88. The number of aryl methyl sites for hydroxylation is 1.